The topological polar surface area (TPSA) is 110 Å². The molecule has 0 radical (unpaired) electrons. The van der Waals surface area contributed by atoms with Gasteiger partial charge in [-0.05, 0) is 38.5 Å². The van der Waals surface area contributed by atoms with E-state index in [0.717, 1.165) is 34.0 Å². The van der Waals surface area contributed by atoms with Crippen molar-refractivity contribution in [2.24, 2.45) is 5.18 Å². The van der Waals surface area contributed by atoms with Crippen LogP contribution in [0.4, 0.5) is 11.5 Å². The van der Waals surface area contributed by atoms with Crippen LogP contribution in [0.2, 0.25) is 0 Å². The lowest BCUT2D eigenvalue weighted by molar-refractivity contribution is 0.100. The summed E-state index contributed by atoms with van der Waals surface area (Å²) in [7, 11) is 0. The summed E-state index contributed by atoms with van der Waals surface area (Å²) in [4.78, 5) is 28.6. The fourth-order valence-corrected chi connectivity index (χ4v) is 3.67. The number of aryl methyl sites for hydroxylation is 2. The Kier molecular flexibility index (Phi) is 5.66. The number of aromatic nitrogens is 2. The molecule has 0 spiro atoms. The van der Waals surface area contributed by atoms with Gasteiger partial charge in [0.2, 0.25) is 0 Å². The number of fused-ring (bicyclic) bond motifs is 1. The maximum atomic E-state index is 11.4. The molecule has 1 N–H and O–H groups in total. The normalized spacial score (nSPS) is 13.8. The molecule has 0 saturated heterocycles. The van der Waals surface area contributed by atoms with Gasteiger partial charge < -0.3 is 19.5 Å². The number of carbonyl (C=O) groups excluding carboxylic acids is 1. The predicted molar refractivity (Wildman–Crippen MR) is 115 cm³/mol. The molecule has 9 nitrogen and oxygen atoms in total. The highest BCUT2D eigenvalue weighted by Gasteiger charge is 2.25. The second kappa shape index (κ2) is 8.55. The summed E-state index contributed by atoms with van der Waals surface area (Å²) in [6, 6.07) is 8.54. The lowest BCUT2D eigenvalue weighted by Gasteiger charge is -2.33. The third kappa shape index (κ3) is 4.11. The van der Waals surface area contributed by atoms with Crippen LogP contribution in [0.5, 0.6) is 5.75 Å². The molecule has 1 aliphatic heterocycles. The third-order valence-electron chi connectivity index (χ3n) is 5.45. The molecule has 9 heteroatoms. The van der Waals surface area contributed by atoms with Gasteiger partial charge in [0.25, 0.3) is 0 Å². The van der Waals surface area contributed by atoms with Crippen LogP contribution in [0.25, 0.3) is 0 Å². The van der Waals surface area contributed by atoms with E-state index in [0.29, 0.717) is 25.5 Å². The number of amides is 1. The van der Waals surface area contributed by atoms with Gasteiger partial charge >= 0.3 is 5.91 Å². The highest BCUT2D eigenvalue weighted by molar-refractivity contribution is 5.94. The monoisotopic (exact) mass is 421 g/mol. The summed E-state index contributed by atoms with van der Waals surface area (Å²) in [5, 5.41) is 9.96. The second-order valence-corrected chi connectivity index (χ2v) is 7.46. The van der Waals surface area contributed by atoms with Crippen molar-refractivity contribution in [3.8, 4) is 5.75 Å². The number of carbonyl (C=O) groups is 1. The van der Waals surface area contributed by atoms with Crippen molar-refractivity contribution < 1.29 is 14.1 Å². The number of nitrogens with zero attached hydrogens (tertiary/aromatic N) is 4. The Hall–Kier alpha value is -3.75. The van der Waals surface area contributed by atoms with E-state index in [1.54, 1.807) is 30.5 Å². The minimum Gasteiger partial charge on any atom is -0.489 e. The molecule has 2 aromatic heterocycles. The number of nitroso groups, excluding NO2 is 1. The molecule has 0 bridgehead atoms. The van der Waals surface area contributed by atoms with E-state index in [-0.39, 0.29) is 11.6 Å². The lowest BCUT2D eigenvalue weighted by Crippen LogP contribution is -2.33. The minimum absolute atomic E-state index is 0.102. The average Bonchev–Trinajstić information content (AvgIpc) is 3.11. The molecule has 3 aromatic rings. The van der Waals surface area contributed by atoms with E-state index in [2.05, 4.69) is 25.5 Å². The first-order chi connectivity index (χ1) is 15.0. The number of rotatable bonds is 6. The van der Waals surface area contributed by atoms with Crippen molar-refractivity contribution in [1.29, 1.82) is 0 Å². The molecular weight excluding hydrogens is 398 g/mol. The lowest BCUT2D eigenvalue weighted by atomic mass is 10.1. The van der Waals surface area contributed by atoms with Gasteiger partial charge in [0.15, 0.2) is 5.82 Å². The van der Waals surface area contributed by atoms with Crippen LogP contribution in [-0.2, 0) is 6.54 Å². The van der Waals surface area contributed by atoms with Gasteiger partial charge in [-0.25, -0.2) is 4.98 Å². The van der Waals surface area contributed by atoms with Gasteiger partial charge in [0, 0.05) is 35.1 Å². The first-order valence-corrected chi connectivity index (χ1v) is 10.0. The quantitative estimate of drug-likeness (QED) is 0.591. The first-order valence-electron chi connectivity index (χ1n) is 10.0. The Morgan fingerprint density at radius 2 is 2.03 bits per heavy atom. The van der Waals surface area contributed by atoms with Gasteiger partial charge in [-0.3, -0.25) is 4.79 Å². The SMILES string of the molecule is Cc1noc(C)c1CN1CCOc2ccnc(NC(C)c3ccc(C(=O)N=O)cc3)c21. The van der Waals surface area contributed by atoms with Crippen molar-refractivity contribution in [2.45, 2.75) is 33.4 Å². The first kappa shape index (κ1) is 20.5. The van der Waals surface area contributed by atoms with Gasteiger partial charge in [0.1, 0.15) is 23.8 Å². The van der Waals surface area contributed by atoms with Crippen molar-refractivity contribution in [3.05, 3.63) is 69.6 Å². The molecule has 160 valence electrons. The summed E-state index contributed by atoms with van der Waals surface area (Å²) in [5.74, 6) is 1.49. The van der Waals surface area contributed by atoms with Crippen LogP contribution < -0.4 is 15.0 Å². The maximum absolute atomic E-state index is 11.4. The van der Waals surface area contributed by atoms with E-state index in [1.165, 1.54) is 0 Å². The molecule has 0 aliphatic carbocycles. The Balaban J connectivity index is 1.60. The Morgan fingerprint density at radius 3 is 2.71 bits per heavy atom. The van der Waals surface area contributed by atoms with Crippen LogP contribution in [0.15, 0.2) is 46.2 Å². The van der Waals surface area contributed by atoms with Crippen LogP contribution in [0.3, 0.4) is 0 Å². The van der Waals surface area contributed by atoms with Gasteiger partial charge in [-0.1, -0.05) is 17.3 Å². The molecule has 0 saturated carbocycles. The molecule has 31 heavy (non-hydrogen) atoms. The summed E-state index contributed by atoms with van der Waals surface area (Å²) in [6.45, 7) is 7.78. The van der Waals surface area contributed by atoms with Crippen LogP contribution in [0.1, 0.15) is 45.9 Å². The summed E-state index contributed by atoms with van der Waals surface area (Å²) >= 11 is 0. The summed E-state index contributed by atoms with van der Waals surface area (Å²) < 4.78 is 11.2. The number of hydrogen-bond acceptors (Lipinski definition) is 8. The van der Waals surface area contributed by atoms with Crippen molar-refractivity contribution in [1.82, 2.24) is 10.1 Å². The zero-order valence-electron chi connectivity index (χ0n) is 17.6. The highest BCUT2D eigenvalue weighted by Crippen LogP contribution is 2.39. The van der Waals surface area contributed by atoms with E-state index in [9.17, 15) is 9.70 Å². The number of benzene rings is 1. The smallest absolute Gasteiger partial charge is 0.316 e. The highest BCUT2D eigenvalue weighted by atomic mass is 16.5. The zero-order chi connectivity index (χ0) is 22.0. The molecule has 1 aliphatic rings. The number of nitrogens with one attached hydrogen (secondary N) is 1. The van der Waals surface area contributed by atoms with E-state index in [4.69, 9.17) is 9.26 Å². The van der Waals surface area contributed by atoms with E-state index >= 15 is 0 Å². The summed E-state index contributed by atoms with van der Waals surface area (Å²) in [6.07, 6.45) is 1.71. The minimum atomic E-state index is -0.780. The molecule has 1 aromatic carbocycles. The molecular formula is C22H23N5O4. The van der Waals surface area contributed by atoms with Gasteiger partial charge in [0.05, 0.1) is 18.3 Å². The maximum Gasteiger partial charge on any atom is 0.316 e. The fourth-order valence-electron chi connectivity index (χ4n) is 3.67. The summed E-state index contributed by atoms with van der Waals surface area (Å²) in [5.41, 5.74) is 4.02. The second-order valence-electron chi connectivity index (χ2n) is 7.46. The number of hydrogen-bond donors (Lipinski definition) is 1. The number of ether oxygens (including phenoxy) is 1. The van der Waals surface area contributed by atoms with Crippen LogP contribution in [0, 0.1) is 18.8 Å². The molecule has 0 fully saturated rings. The van der Waals surface area contributed by atoms with E-state index < -0.39 is 5.91 Å². The largest absolute Gasteiger partial charge is 0.489 e. The molecule has 1 amide bonds. The number of pyridine rings is 1. The van der Waals surface area contributed by atoms with Crippen LogP contribution in [-0.4, -0.2) is 29.2 Å². The zero-order valence-corrected chi connectivity index (χ0v) is 17.6. The Labute approximate surface area is 179 Å². The molecule has 1 atom stereocenters. The van der Waals surface area contributed by atoms with Gasteiger partial charge in [-0.15, -0.1) is 4.91 Å². The fraction of sp³-hybridized carbons (Fsp3) is 0.318. The van der Waals surface area contributed by atoms with Crippen molar-refractivity contribution in [3.63, 3.8) is 0 Å². The average molecular weight is 421 g/mol. The third-order valence-corrected chi connectivity index (χ3v) is 5.45. The molecule has 4 rings (SSSR count). The Morgan fingerprint density at radius 1 is 1.26 bits per heavy atom. The standard InChI is InChI=1S/C22H23N5O4/c1-13(16-4-6-17(7-5-16)22(28)25-29)24-21-20-19(8-9-23-21)30-11-10-27(20)12-18-14(2)26-31-15(18)3/h4-9,13H,10-12H2,1-3H3,(H,23,24). The van der Waals surface area contributed by atoms with E-state index in [1.807, 2.05) is 26.8 Å². The van der Waals surface area contributed by atoms with Gasteiger partial charge in [-0.2, -0.15) is 0 Å². The molecule has 1 unspecified atom stereocenters. The number of anilines is 2. The predicted octanol–water partition coefficient (Wildman–Crippen LogP) is 4.17. The molecule has 3 heterocycles. The van der Waals surface area contributed by atoms with Crippen molar-refractivity contribution >= 4 is 17.4 Å². The van der Waals surface area contributed by atoms with Crippen molar-refractivity contribution in [2.75, 3.05) is 23.4 Å². The Bertz CT molecular complexity index is 1090. The van der Waals surface area contributed by atoms with Crippen LogP contribution >= 0.6 is 0 Å².